The first-order chi connectivity index (χ1) is 10.6. The van der Waals surface area contributed by atoms with Crippen LogP contribution in [-0.4, -0.2) is 54.2 Å². The Morgan fingerprint density at radius 1 is 1.05 bits per heavy atom. The summed E-state index contributed by atoms with van der Waals surface area (Å²) in [6, 6.07) is 8.56. The van der Waals surface area contributed by atoms with Crippen LogP contribution in [0, 0.1) is 0 Å². The van der Waals surface area contributed by atoms with Crippen LogP contribution in [-0.2, 0) is 9.59 Å². The standard InChI is InChI=1S/C16H19N3O3/c20-13(12-4-2-1-3-5-12)14(21)19-10-6-16(7-11-19)15(22)17-8-9-18-16/h1-5,18H,6-11H2,(H,17,22). The molecule has 1 spiro atoms. The number of piperidine rings is 1. The van der Waals surface area contributed by atoms with Gasteiger partial charge < -0.3 is 15.5 Å². The number of ketones is 1. The van der Waals surface area contributed by atoms with E-state index in [1.54, 1.807) is 35.2 Å². The third-order valence-corrected chi connectivity index (χ3v) is 4.44. The van der Waals surface area contributed by atoms with E-state index in [1.807, 2.05) is 0 Å². The number of hydrogen-bond acceptors (Lipinski definition) is 4. The lowest BCUT2D eigenvalue weighted by atomic mass is 9.85. The summed E-state index contributed by atoms with van der Waals surface area (Å²) in [5.41, 5.74) is -0.175. The van der Waals surface area contributed by atoms with Crippen molar-refractivity contribution in [3.8, 4) is 0 Å². The molecule has 22 heavy (non-hydrogen) atoms. The van der Waals surface area contributed by atoms with Gasteiger partial charge in [0, 0.05) is 31.7 Å². The summed E-state index contributed by atoms with van der Waals surface area (Å²) >= 11 is 0. The Balaban J connectivity index is 1.65. The second kappa shape index (κ2) is 5.88. The van der Waals surface area contributed by atoms with E-state index in [1.165, 1.54) is 0 Å². The van der Waals surface area contributed by atoms with Crippen molar-refractivity contribution in [3.05, 3.63) is 35.9 Å². The first kappa shape index (κ1) is 14.7. The van der Waals surface area contributed by atoms with Crippen LogP contribution in [0.3, 0.4) is 0 Å². The number of benzene rings is 1. The zero-order chi connectivity index (χ0) is 15.6. The zero-order valence-electron chi connectivity index (χ0n) is 12.3. The summed E-state index contributed by atoms with van der Waals surface area (Å²) in [6.07, 6.45) is 1.07. The molecule has 2 fully saturated rings. The van der Waals surface area contributed by atoms with Crippen LogP contribution in [0.5, 0.6) is 0 Å². The van der Waals surface area contributed by atoms with E-state index < -0.39 is 17.2 Å². The lowest BCUT2D eigenvalue weighted by Gasteiger charge is -2.43. The van der Waals surface area contributed by atoms with Crippen LogP contribution >= 0.6 is 0 Å². The molecule has 0 unspecified atom stereocenters. The Labute approximate surface area is 128 Å². The predicted molar refractivity (Wildman–Crippen MR) is 80.3 cm³/mol. The van der Waals surface area contributed by atoms with Crippen molar-refractivity contribution in [3.63, 3.8) is 0 Å². The van der Waals surface area contributed by atoms with Gasteiger partial charge in [0.05, 0.1) is 0 Å². The molecule has 1 aromatic carbocycles. The van der Waals surface area contributed by atoms with Crippen molar-refractivity contribution in [2.75, 3.05) is 26.2 Å². The molecule has 3 rings (SSSR count). The van der Waals surface area contributed by atoms with E-state index in [0.29, 0.717) is 38.0 Å². The first-order valence-electron chi connectivity index (χ1n) is 7.54. The van der Waals surface area contributed by atoms with E-state index in [-0.39, 0.29) is 5.91 Å². The Morgan fingerprint density at radius 2 is 1.73 bits per heavy atom. The van der Waals surface area contributed by atoms with Crippen molar-refractivity contribution in [2.45, 2.75) is 18.4 Å². The first-order valence-corrected chi connectivity index (χ1v) is 7.54. The van der Waals surface area contributed by atoms with Crippen molar-refractivity contribution in [2.24, 2.45) is 0 Å². The second-order valence-electron chi connectivity index (χ2n) is 5.75. The summed E-state index contributed by atoms with van der Waals surface area (Å²) < 4.78 is 0. The Morgan fingerprint density at radius 3 is 2.36 bits per heavy atom. The minimum atomic E-state index is -0.579. The van der Waals surface area contributed by atoms with Gasteiger partial charge in [0.1, 0.15) is 5.54 Å². The molecule has 6 heteroatoms. The second-order valence-corrected chi connectivity index (χ2v) is 5.75. The molecule has 1 aromatic rings. The summed E-state index contributed by atoms with van der Waals surface area (Å²) in [7, 11) is 0. The molecule has 0 radical (unpaired) electrons. The van der Waals surface area contributed by atoms with Crippen molar-refractivity contribution < 1.29 is 14.4 Å². The quantitative estimate of drug-likeness (QED) is 0.593. The molecule has 2 saturated heterocycles. The number of hydrogen-bond donors (Lipinski definition) is 2. The molecule has 2 amide bonds. The van der Waals surface area contributed by atoms with Gasteiger partial charge in [-0.15, -0.1) is 0 Å². The number of nitrogens with one attached hydrogen (secondary N) is 2. The van der Waals surface area contributed by atoms with Gasteiger partial charge in [0.25, 0.3) is 5.91 Å². The summed E-state index contributed by atoms with van der Waals surface area (Å²) in [6.45, 7) is 2.20. The van der Waals surface area contributed by atoms with E-state index in [0.717, 1.165) is 6.54 Å². The van der Waals surface area contributed by atoms with Gasteiger partial charge in [-0.2, -0.15) is 0 Å². The molecular formula is C16H19N3O3. The van der Waals surface area contributed by atoms with Crippen LogP contribution < -0.4 is 10.6 Å². The van der Waals surface area contributed by atoms with E-state index >= 15 is 0 Å². The molecule has 0 bridgehead atoms. The largest absolute Gasteiger partial charge is 0.353 e. The number of Topliss-reactive ketones (excluding diaryl/α,β-unsaturated/α-hetero) is 1. The highest BCUT2D eigenvalue weighted by atomic mass is 16.2. The Hall–Kier alpha value is -2.21. The van der Waals surface area contributed by atoms with Gasteiger partial charge in [0.2, 0.25) is 11.7 Å². The van der Waals surface area contributed by atoms with Crippen LogP contribution in [0.15, 0.2) is 30.3 Å². The number of amides is 2. The van der Waals surface area contributed by atoms with Crippen LogP contribution in [0.2, 0.25) is 0 Å². The third-order valence-electron chi connectivity index (χ3n) is 4.44. The Kier molecular flexibility index (Phi) is 3.94. The zero-order valence-corrected chi connectivity index (χ0v) is 12.3. The molecule has 0 aliphatic carbocycles. The molecule has 6 nitrogen and oxygen atoms in total. The van der Waals surface area contributed by atoms with Gasteiger partial charge in [-0.25, -0.2) is 0 Å². The van der Waals surface area contributed by atoms with Crippen LogP contribution in [0.4, 0.5) is 0 Å². The van der Waals surface area contributed by atoms with Gasteiger partial charge in [-0.1, -0.05) is 30.3 Å². The Bertz CT molecular complexity index is 592. The van der Waals surface area contributed by atoms with Crippen molar-refractivity contribution in [1.29, 1.82) is 0 Å². The van der Waals surface area contributed by atoms with Crippen LogP contribution in [0.1, 0.15) is 23.2 Å². The maximum absolute atomic E-state index is 12.3. The van der Waals surface area contributed by atoms with Gasteiger partial charge >= 0.3 is 0 Å². The maximum atomic E-state index is 12.3. The van der Waals surface area contributed by atoms with Crippen LogP contribution in [0.25, 0.3) is 0 Å². The predicted octanol–water partition coefficient (Wildman–Crippen LogP) is -0.0501. The highest BCUT2D eigenvalue weighted by Crippen LogP contribution is 2.24. The normalized spacial score (nSPS) is 20.5. The number of likely N-dealkylation sites (tertiary alicyclic amines) is 1. The molecule has 116 valence electrons. The molecule has 2 aliphatic heterocycles. The smallest absolute Gasteiger partial charge is 0.294 e. The van der Waals surface area contributed by atoms with E-state index in [4.69, 9.17) is 0 Å². The number of rotatable bonds is 2. The van der Waals surface area contributed by atoms with Crippen molar-refractivity contribution in [1.82, 2.24) is 15.5 Å². The van der Waals surface area contributed by atoms with Gasteiger partial charge in [-0.3, -0.25) is 14.4 Å². The van der Waals surface area contributed by atoms with E-state index in [9.17, 15) is 14.4 Å². The monoisotopic (exact) mass is 301 g/mol. The fourth-order valence-electron chi connectivity index (χ4n) is 3.08. The molecular weight excluding hydrogens is 282 g/mol. The molecule has 2 heterocycles. The molecule has 0 saturated carbocycles. The fourth-order valence-corrected chi connectivity index (χ4v) is 3.08. The average Bonchev–Trinajstić information content (AvgIpc) is 2.58. The molecule has 2 aliphatic rings. The van der Waals surface area contributed by atoms with Gasteiger partial charge in [-0.05, 0) is 12.8 Å². The SMILES string of the molecule is O=C(C(=O)N1CCC2(CC1)NCCNC2=O)c1ccccc1. The lowest BCUT2D eigenvalue weighted by Crippen LogP contribution is -2.67. The third kappa shape index (κ3) is 2.62. The number of nitrogens with zero attached hydrogens (tertiary/aromatic N) is 1. The number of piperazine rings is 1. The maximum Gasteiger partial charge on any atom is 0.294 e. The minimum absolute atomic E-state index is 0.000217. The summed E-state index contributed by atoms with van der Waals surface area (Å²) in [5, 5.41) is 6.13. The summed E-state index contributed by atoms with van der Waals surface area (Å²) in [4.78, 5) is 38.1. The fraction of sp³-hybridized carbons (Fsp3) is 0.438. The average molecular weight is 301 g/mol. The molecule has 2 N–H and O–H groups in total. The van der Waals surface area contributed by atoms with Gasteiger partial charge in [0.15, 0.2) is 0 Å². The van der Waals surface area contributed by atoms with Crippen molar-refractivity contribution >= 4 is 17.6 Å². The van der Waals surface area contributed by atoms with E-state index in [2.05, 4.69) is 10.6 Å². The lowest BCUT2D eigenvalue weighted by molar-refractivity contribution is -0.136. The topological polar surface area (TPSA) is 78.5 Å². The number of carbonyl (C=O) groups is 3. The molecule has 0 aromatic heterocycles. The highest BCUT2D eigenvalue weighted by Gasteiger charge is 2.43. The highest BCUT2D eigenvalue weighted by molar-refractivity contribution is 6.42. The molecule has 0 atom stereocenters. The summed E-state index contributed by atoms with van der Waals surface area (Å²) in [5.74, 6) is -0.977. The number of carbonyl (C=O) groups excluding carboxylic acids is 3. The minimum Gasteiger partial charge on any atom is -0.353 e.